The van der Waals surface area contributed by atoms with Gasteiger partial charge in [0.05, 0.1) is 11.5 Å². The average molecular weight is 330 g/mol. The monoisotopic (exact) mass is 330 g/mol. The molecule has 0 radical (unpaired) electrons. The van der Waals surface area contributed by atoms with Gasteiger partial charge < -0.3 is 10.5 Å². The van der Waals surface area contributed by atoms with E-state index in [-0.39, 0.29) is 29.6 Å². The zero-order valence-corrected chi connectivity index (χ0v) is 13.5. The summed E-state index contributed by atoms with van der Waals surface area (Å²) in [7, 11) is -3.80. The Morgan fingerprint density at radius 3 is 2.57 bits per heavy atom. The molecule has 21 heavy (non-hydrogen) atoms. The summed E-state index contributed by atoms with van der Waals surface area (Å²) in [5.74, 6) is -0.589. The molecule has 0 aliphatic rings. The van der Waals surface area contributed by atoms with Crippen LogP contribution < -0.4 is 5.73 Å². The number of nitrogens with zero attached hydrogens (tertiary/aromatic N) is 1. The lowest BCUT2D eigenvalue weighted by Crippen LogP contribution is -2.36. The van der Waals surface area contributed by atoms with Crippen LogP contribution in [0.4, 0.5) is 0 Å². The van der Waals surface area contributed by atoms with Crippen molar-refractivity contribution < 1.29 is 17.9 Å². The van der Waals surface area contributed by atoms with Gasteiger partial charge in [0, 0.05) is 12.1 Å². The van der Waals surface area contributed by atoms with E-state index in [2.05, 4.69) is 0 Å². The molecule has 0 saturated heterocycles. The predicted octanol–water partition coefficient (Wildman–Crippen LogP) is 0.895. The highest BCUT2D eigenvalue weighted by molar-refractivity contribution is 7.89. The van der Waals surface area contributed by atoms with Gasteiger partial charge in [0.1, 0.15) is 11.5 Å². The lowest BCUT2D eigenvalue weighted by Gasteiger charge is -2.19. The van der Waals surface area contributed by atoms with Crippen molar-refractivity contribution in [3.63, 3.8) is 0 Å². The second kappa shape index (κ2) is 7.48. The van der Waals surface area contributed by atoms with Gasteiger partial charge in [-0.2, -0.15) is 4.31 Å². The van der Waals surface area contributed by atoms with E-state index in [1.807, 2.05) is 0 Å². The van der Waals surface area contributed by atoms with E-state index >= 15 is 0 Å². The number of carbonyl (C=O) groups excluding carboxylic acids is 1. The van der Waals surface area contributed by atoms with Gasteiger partial charge in [0.15, 0.2) is 0 Å². The van der Waals surface area contributed by atoms with Gasteiger partial charge in [-0.05, 0) is 19.1 Å². The predicted molar refractivity (Wildman–Crippen MR) is 83.4 cm³/mol. The van der Waals surface area contributed by atoms with E-state index < -0.39 is 16.0 Å². The maximum atomic E-state index is 12.5. The molecule has 8 heteroatoms. The third kappa shape index (κ3) is 4.48. The molecule has 0 atom stereocenters. The van der Waals surface area contributed by atoms with Gasteiger partial charge in [0.25, 0.3) is 0 Å². The van der Waals surface area contributed by atoms with Crippen molar-refractivity contribution in [2.45, 2.75) is 18.7 Å². The van der Waals surface area contributed by atoms with E-state index in [4.69, 9.17) is 22.7 Å². The molecule has 0 aliphatic heterocycles. The van der Waals surface area contributed by atoms with Crippen molar-refractivity contribution in [3.8, 4) is 0 Å². The first-order chi connectivity index (χ1) is 9.82. The standard InChI is InChI=1S/C13H18N2O4S2/c1-3-15(9-12(16)19-4-2)21(17,18)11-7-5-6-10(8-11)13(14)20/h5-8H,3-4,9H2,1-2H3,(H2,14,20). The number of rotatable bonds is 7. The minimum atomic E-state index is -3.80. The molecule has 2 N–H and O–H groups in total. The molecule has 1 rings (SSSR count). The van der Waals surface area contributed by atoms with Crippen molar-refractivity contribution in [1.29, 1.82) is 0 Å². The number of ether oxygens (including phenoxy) is 1. The summed E-state index contributed by atoms with van der Waals surface area (Å²) >= 11 is 4.84. The van der Waals surface area contributed by atoms with Gasteiger partial charge in [-0.1, -0.05) is 31.3 Å². The molecule has 1 aromatic rings. The van der Waals surface area contributed by atoms with E-state index in [0.717, 1.165) is 4.31 Å². The Morgan fingerprint density at radius 2 is 2.05 bits per heavy atom. The highest BCUT2D eigenvalue weighted by atomic mass is 32.2. The van der Waals surface area contributed by atoms with Crippen LogP contribution in [0.15, 0.2) is 29.2 Å². The normalized spacial score (nSPS) is 11.4. The Labute approximate surface area is 129 Å². The molecule has 0 unspecified atom stereocenters. The van der Waals surface area contributed by atoms with Gasteiger partial charge >= 0.3 is 5.97 Å². The fourth-order valence-electron chi connectivity index (χ4n) is 1.68. The largest absolute Gasteiger partial charge is 0.465 e. The number of esters is 1. The van der Waals surface area contributed by atoms with Crippen LogP contribution in [-0.4, -0.2) is 43.4 Å². The summed E-state index contributed by atoms with van der Waals surface area (Å²) < 4.78 is 30.9. The Morgan fingerprint density at radius 1 is 1.38 bits per heavy atom. The van der Waals surface area contributed by atoms with Crippen molar-refractivity contribution in [2.75, 3.05) is 19.7 Å². The lowest BCUT2D eigenvalue weighted by atomic mass is 10.2. The molecule has 0 aromatic heterocycles. The lowest BCUT2D eigenvalue weighted by molar-refractivity contribution is -0.143. The minimum Gasteiger partial charge on any atom is -0.465 e. The average Bonchev–Trinajstić information content (AvgIpc) is 2.45. The van der Waals surface area contributed by atoms with E-state index in [9.17, 15) is 13.2 Å². The van der Waals surface area contributed by atoms with Gasteiger partial charge in [-0.3, -0.25) is 4.79 Å². The van der Waals surface area contributed by atoms with Crippen LogP contribution in [0.1, 0.15) is 19.4 Å². The summed E-state index contributed by atoms with van der Waals surface area (Å²) in [6.45, 7) is 3.33. The maximum Gasteiger partial charge on any atom is 0.321 e. The number of likely N-dealkylation sites (N-methyl/N-ethyl adjacent to an activating group) is 1. The van der Waals surface area contributed by atoms with Crippen LogP contribution in [0.2, 0.25) is 0 Å². The summed E-state index contributed by atoms with van der Waals surface area (Å²) in [4.78, 5) is 11.6. The quantitative estimate of drug-likeness (QED) is 0.590. The van der Waals surface area contributed by atoms with Crippen LogP contribution >= 0.6 is 12.2 Å². The van der Waals surface area contributed by atoms with E-state index in [1.54, 1.807) is 26.0 Å². The molecule has 0 spiro atoms. The fraction of sp³-hybridized carbons (Fsp3) is 0.385. The van der Waals surface area contributed by atoms with E-state index in [1.165, 1.54) is 12.1 Å². The van der Waals surface area contributed by atoms with Crippen molar-refractivity contribution in [2.24, 2.45) is 5.73 Å². The number of sulfonamides is 1. The first-order valence-electron chi connectivity index (χ1n) is 6.38. The molecule has 116 valence electrons. The molecule has 0 aliphatic carbocycles. The van der Waals surface area contributed by atoms with Gasteiger partial charge in [-0.15, -0.1) is 0 Å². The summed E-state index contributed by atoms with van der Waals surface area (Å²) in [5.41, 5.74) is 5.96. The molecule has 0 saturated carbocycles. The van der Waals surface area contributed by atoms with Crippen LogP contribution in [-0.2, 0) is 19.6 Å². The molecule has 6 nitrogen and oxygen atoms in total. The van der Waals surface area contributed by atoms with Crippen molar-refractivity contribution >= 4 is 33.2 Å². The van der Waals surface area contributed by atoms with Gasteiger partial charge in [-0.25, -0.2) is 8.42 Å². The molecular weight excluding hydrogens is 312 g/mol. The second-order valence-electron chi connectivity index (χ2n) is 4.13. The zero-order valence-electron chi connectivity index (χ0n) is 11.9. The molecule has 0 heterocycles. The van der Waals surface area contributed by atoms with Crippen LogP contribution in [0.5, 0.6) is 0 Å². The number of carbonyl (C=O) groups is 1. The third-order valence-electron chi connectivity index (χ3n) is 2.72. The minimum absolute atomic E-state index is 0.0407. The molecule has 0 fully saturated rings. The Hall–Kier alpha value is -1.51. The first-order valence-corrected chi connectivity index (χ1v) is 8.23. The molecular formula is C13H18N2O4S2. The number of benzene rings is 1. The number of thiocarbonyl (C=S) groups is 1. The number of hydrogen-bond acceptors (Lipinski definition) is 5. The van der Waals surface area contributed by atoms with Crippen molar-refractivity contribution in [1.82, 2.24) is 4.31 Å². The molecule has 0 bridgehead atoms. The Bertz CT molecular complexity index is 629. The van der Waals surface area contributed by atoms with Crippen LogP contribution in [0.3, 0.4) is 0 Å². The van der Waals surface area contributed by atoms with Crippen LogP contribution in [0.25, 0.3) is 0 Å². The molecule has 0 amide bonds. The zero-order chi connectivity index (χ0) is 16.0. The van der Waals surface area contributed by atoms with Crippen LogP contribution in [0, 0.1) is 0 Å². The third-order valence-corrected chi connectivity index (χ3v) is 4.87. The number of hydrogen-bond donors (Lipinski definition) is 1. The summed E-state index contributed by atoms with van der Waals surface area (Å²) in [5, 5.41) is 0. The highest BCUT2D eigenvalue weighted by Crippen LogP contribution is 2.17. The molecule has 1 aromatic carbocycles. The fourth-order valence-corrected chi connectivity index (χ4v) is 3.24. The SMILES string of the molecule is CCOC(=O)CN(CC)S(=O)(=O)c1cccc(C(N)=S)c1. The maximum absolute atomic E-state index is 12.5. The van der Waals surface area contributed by atoms with E-state index in [0.29, 0.717) is 5.56 Å². The topological polar surface area (TPSA) is 89.7 Å². The smallest absolute Gasteiger partial charge is 0.321 e. The van der Waals surface area contributed by atoms with Crippen molar-refractivity contribution in [3.05, 3.63) is 29.8 Å². The first kappa shape index (κ1) is 17.5. The highest BCUT2D eigenvalue weighted by Gasteiger charge is 2.26. The second-order valence-corrected chi connectivity index (χ2v) is 6.51. The Balaban J connectivity index is 3.10. The van der Waals surface area contributed by atoms with Gasteiger partial charge in [0.2, 0.25) is 10.0 Å². The summed E-state index contributed by atoms with van der Waals surface area (Å²) in [6, 6.07) is 6.01. The number of nitrogens with two attached hydrogens (primary N) is 1. The summed E-state index contributed by atoms with van der Waals surface area (Å²) in [6.07, 6.45) is 0. The Kier molecular flexibility index (Phi) is 6.25.